The maximum atomic E-state index is 14.8. The molecule has 9 heteroatoms. The number of hydrogen-bond donors (Lipinski definition) is 2. The van der Waals surface area contributed by atoms with Gasteiger partial charge in [-0.05, 0) is 78.6 Å². The van der Waals surface area contributed by atoms with Gasteiger partial charge in [0.15, 0.2) is 0 Å². The van der Waals surface area contributed by atoms with Gasteiger partial charge < -0.3 is 10.6 Å². The number of halogens is 5. The highest BCUT2D eigenvalue weighted by Crippen LogP contribution is 2.42. The Morgan fingerprint density at radius 1 is 0.860 bits per heavy atom. The van der Waals surface area contributed by atoms with Crippen molar-refractivity contribution in [2.45, 2.75) is 52.3 Å². The summed E-state index contributed by atoms with van der Waals surface area (Å²) < 4.78 is 70.2. The number of aliphatic imine (C=N–C) groups is 1. The van der Waals surface area contributed by atoms with Crippen molar-refractivity contribution < 1.29 is 26.7 Å². The van der Waals surface area contributed by atoms with Gasteiger partial charge in [-0.2, -0.15) is 13.2 Å². The van der Waals surface area contributed by atoms with Crippen LogP contribution in [0.1, 0.15) is 49.4 Å². The lowest BCUT2D eigenvalue weighted by Crippen LogP contribution is -2.54. The lowest BCUT2D eigenvalue weighted by atomic mass is 9.78. The zero-order chi connectivity index (χ0) is 31.4. The molecule has 1 aliphatic carbocycles. The molecule has 43 heavy (non-hydrogen) atoms. The van der Waals surface area contributed by atoms with Crippen LogP contribution in [0, 0.1) is 18.6 Å². The van der Waals surface area contributed by atoms with E-state index in [1.807, 2.05) is 26.0 Å². The summed E-state index contributed by atoms with van der Waals surface area (Å²) in [7, 11) is 0. The van der Waals surface area contributed by atoms with E-state index in [1.54, 1.807) is 30.5 Å². The quantitative estimate of drug-likeness (QED) is 0.275. The first-order valence-electron chi connectivity index (χ1n) is 13.8. The van der Waals surface area contributed by atoms with Gasteiger partial charge in [0.1, 0.15) is 17.2 Å². The molecule has 224 valence electrons. The van der Waals surface area contributed by atoms with Crippen LogP contribution >= 0.6 is 0 Å². The molecule has 1 aliphatic heterocycles. The molecule has 1 heterocycles. The molecule has 1 atom stereocenters. The summed E-state index contributed by atoms with van der Waals surface area (Å²) in [5, 5.41) is 5.33. The molecule has 4 nitrogen and oxygen atoms in total. The van der Waals surface area contributed by atoms with Crippen LogP contribution in [-0.2, 0) is 18.1 Å². The number of nitrogens with zero attached hydrogens (tertiary/aromatic N) is 1. The van der Waals surface area contributed by atoms with Gasteiger partial charge in [0, 0.05) is 23.9 Å². The molecule has 0 spiro atoms. The molecule has 0 bridgehead atoms. The number of aryl methyl sites for hydroxylation is 1. The zero-order valence-corrected chi connectivity index (χ0v) is 24.2. The highest BCUT2D eigenvalue weighted by Gasteiger charge is 2.42. The van der Waals surface area contributed by atoms with Crippen LogP contribution in [0.2, 0.25) is 0 Å². The largest absolute Gasteiger partial charge is 0.416 e. The summed E-state index contributed by atoms with van der Waals surface area (Å²) in [6, 6.07) is 13.8. The predicted molar refractivity (Wildman–Crippen MR) is 160 cm³/mol. The number of urea groups is 1. The first kappa shape index (κ1) is 31.4. The van der Waals surface area contributed by atoms with E-state index in [2.05, 4.69) is 29.5 Å². The minimum absolute atomic E-state index is 0.0591. The van der Waals surface area contributed by atoms with Crippen molar-refractivity contribution >= 4 is 17.4 Å². The Bertz CT molecular complexity index is 1650. The molecular weight excluding hydrogens is 561 g/mol. The number of anilines is 1. The third-order valence-electron chi connectivity index (χ3n) is 6.89. The monoisotopic (exact) mass is 593 g/mol. The number of alkyl halides is 3. The number of hydrogen-bond acceptors (Lipinski definition) is 2. The Balaban J connectivity index is 0.00000135. The van der Waals surface area contributed by atoms with E-state index >= 15 is 0 Å². The van der Waals surface area contributed by atoms with Crippen molar-refractivity contribution in [1.82, 2.24) is 5.32 Å². The summed E-state index contributed by atoms with van der Waals surface area (Å²) in [6.07, 6.45) is 1.32. The van der Waals surface area contributed by atoms with E-state index in [0.717, 1.165) is 40.5 Å². The lowest BCUT2D eigenvalue weighted by Gasteiger charge is -2.36. The van der Waals surface area contributed by atoms with Gasteiger partial charge in [-0.15, -0.1) is 0 Å². The number of benzene rings is 3. The summed E-state index contributed by atoms with van der Waals surface area (Å²) in [5.74, 6) is -1.71. The van der Waals surface area contributed by atoms with Gasteiger partial charge in [-0.3, -0.25) is 4.99 Å². The molecule has 2 aliphatic rings. The average Bonchev–Trinajstić information content (AvgIpc) is 3.61. The molecule has 0 saturated heterocycles. The SMILES string of the molecule is CC1=C2C=CC([C@@](Cc3cccc(C)c3)(NC(=O)Nc3cccc(F)c3)c3cc(F)cc(C(F)(F)F)c3)=NC=C12.CCC. The molecule has 0 saturated carbocycles. The van der Waals surface area contributed by atoms with Crippen LogP contribution in [0.3, 0.4) is 0 Å². The fourth-order valence-electron chi connectivity index (χ4n) is 4.86. The summed E-state index contributed by atoms with van der Waals surface area (Å²) in [4.78, 5) is 18.0. The smallest absolute Gasteiger partial charge is 0.322 e. The van der Waals surface area contributed by atoms with Crippen LogP contribution in [0.4, 0.5) is 32.4 Å². The van der Waals surface area contributed by atoms with Crippen molar-refractivity contribution in [1.29, 1.82) is 0 Å². The minimum Gasteiger partial charge on any atom is -0.322 e. The second-order valence-electron chi connectivity index (χ2n) is 10.5. The number of carbonyl (C=O) groups is 1. The predicted octanol–water partition coefficient (Wildman–Crippen LogP) is 9.19. The number of amides is 2. The number of carbonyl (C=O) groups excluding carboxylic acids is 1. The van der Waals surface area contributed by atoms with Crippen LogP contribution in [-0.4, -0.2) is 11.7 Å². The zero-order valence-electron chi connectivity index (χ0n) is 24.2. The van der Waals surface area contributed by atoms with Gasteiger partial charge in [0.2, 0.25) is 0 Å². The first-order chi connectivity index (χ1) is 20.4. The van der Waals surface area contributed by atoms with E-state index in [0.29, 0.717) is 11.6 Å². The summed E-state index contributed by atoms with van der Waals surface area (Å²) >= 11 is 0. The van der Waals surface area contributed by atoms with Crippen LogP contribution in [0.15, 0.2) is 107 Å². The van der Waals surface area contributed by atoms with E-state index in [9.17, 15) is 26.7 Å². The maximum absolute atomic E-state index is 14.8. The van der Waals surface area contributed by atoms with Gasteiger partial charge in [-0.25, -0.2) is 13.6 Å². The molecule has 3 aromatic carbocycles. The molecule has 2 N–H and O–H groups in total. The van der Waals surface area contributed by atoms with Crippen LogP contribution in [0.5, 0.6) is 0 Å². The van der Waals surface area contributed by atoms with Crippen molar-refractivity contribution in [2.24, 2.45) is 4.99 Å². The van der Waals surface area contributed by atoms with Crippen molar-refractivity contribution in [3.63, 3.8) is 0 Å². The van der Waals surface area contributed by atoms with Gasteiger partial charge >= 0.3 is 12.2 Å². The van der Waals surface area contributed by atoms with Crippen molar-refractivity contribution in [3.05, 3.63) is 136 Å². The standard InChI is InChI=1S/C31H24F5N3O.C3H8/c1-18-5-3-6-20(11-18)16-30(28-10-9-26-19(2)27(26)17-37-28,21-12-22(31(34,35)36)14-24(33)13-21)39-29(40)38-25-8-4-7-23(32)15-25;1-3-2/h3-15,17H,16H2,1-2H3,(H2,38,39,40);3H2,1-2H3/t30-;/m0./s1. The minimum atomic E-state index is -4.84. The van der Waals surface area contributed by atoms with Crippen LogP contribution in [0.25, 0.3) is 0 Å². The Labute approximate surface area is 247 Å². The maximum Gasteiger partial charge on any atom is 0.416 e. The second-order valence-corrected chi connectivity index (χ2v) is 10.5. The highest BCUT2D eigenvalue weighted by atomic mass is 19.4. The Kier molecular flexibility index (Phi) is 9.33. The summed E-state index contributed by atoms with van der Waals surface area (Å²) in [5.41, 5.74) is 1.60. The van der Waals surface area contributed by atoms with Crippen molar-refractivity contribution in [2.75, 3.05) is 5.32 Å². The third kappa shape index (κ3) is 7.46. The summed E-state index contributed by atoms with van der Waals surface area (Å²) in [6.45, 7) is 8.02. The van der Waals surface area contributed by atoms with E-state index < -0.39 is 34.9 Å². The number of rotatable bonds is 6. The Hall–Kier alpha value is -4.53. The normalized spacial score (nSPS) is 15.2. The van der Waals surface area contributed by atoms with Gasteiger partial charge in [0.25, 0.3) is 0 Å². The van der Waals surface area contributed by atoms with Gasteiger partial charge in [0.05, 0.1) is 11.3 Å². The molecular formula is C34H32F5N3O. The highest BCUT2D eigenvalue weighted by molar-refractivity contribution is 6.08. The molecule has 0 unspecified atom stereocenters. The van der Waals surface area contributed by atoms with Crippen molar-refractivity contribution in [3.8, 4) is 0 Å². The number of fused-ring (bicyclic) bond motifs is 1. The Morgan fingerprint density at radius 2 is 1.56 bits per heavy atom. The first-order valence-corrected chi connectivity index (χ1v) is 13.8. The molecule has 0 radical (unpaired) electrons. The second kappa shape index (κ2) is 12.8. The molecule has 2 amide bonds. The van der Waals surface area contributed by atoms with E-state index in [1.165, 1.54) is 24.6 Å². The average molecular weight is 594 g/mol. The fourth-order valence-corrected chi connectivity index (χ4v) is 4.86. The number of nitrogens with one attached hydrogen (secondary N) is 2. The Morgan fingerprint density at radius 3 is 2.23 bits per heavy atom. The van der Waals surface area contributed by atoms with E-state index in [4.69, 9.17) is 0 Å². The van der Waals surface area contributed by atoms with E-state index in [-0.39, 0.29) is 23.4 Å². The van der Waals surface area contributed by atoms with Crippen LogP contribution < -0.4 is 10.6 Å². The molecule has 0 fully saturated rings. The van der Waals surface area contributed by atoms with Gasteiger partial charge in [-0.1, -0.05) is 62.2 Å². The number of allylic oxidation sites excluding steroid dienone is 4. The lowest BCUT2D eigenvalue weighted by molar-refractivity contribution is -0.137. The third-order valence-corrected chi connectivity index (χ3v) is 6.89. The topological polar surface area (TPSA) is 53.5 Å². The molecule has 0 aromatic heterocycles. The molecule has 5 rings (SSSR count). The fraction of sp³-hybridized carbons (Fsp3) is 0.235. The molecule has 3 aromatic rings.